The van der Waals surface area contributed by atoms with E-state index in [2.05, 4.69) is 15.6 Å². The number of carbonyl (C=O) groups excluding carboxylic acids is 2. The fourth-order valence-electron chi connectivity index (χ4n) is 3.32. The molecule has 2 amide bonds. The van der Waals surface area contributed by atoms with Crippen molar-refractivity contribution in [1.82, 2.24) is 15.6 Å². The van der Waals surface area contributed by atoms with Gasteiger partial charge in [0.1, 0.15) is 11.6 Å². The molecule has 3 rings (SSSR count). The summed E-state index contributed by atoms with van der Waals surface area (Å²) < 4.78 is 5.38. The fourth-order valence-corrected chi connectivity index (χ4v) is 3.32. The average molecular weight is 408 g/mol. The molecule has 0 aliphatic carbocycles. The summed E-state index contributed by atoms with van der Waals surface area (Å²) in [7, 11) is 0. The number of amides is 2. The second-order valence-electron chi connectivity index (χ2n) is 8.40. The van der Waals surface area contributed by atoms with Crippen LogP contribution in [0.5, 0.6) is 0 Å². The van der Waals surface area contributed by atoms with Gasteiger partial charge in [-0.1, -0.05) is 48.5 Å². The number of aromatic nitrogens is 1. The minimum atomic E-state index is -0.773. The van der Waals surface area contributed by atoms with Crippen molar-refractivity contribution in [3.05, 3.63) is 71.9 Å². The third-order valence-electron chi connectivity index (χ3n) is 4.76. The molecule has 30 heavy (non-hydrogen) atoms. The maximum absolute atomic E-state index is 13.1. The number of ether oxygens (including phenoxy) is 1. The van der Waals surface area contributed by atoms with E-state index >= 15 is 0 Å². The Kier molecular flexibility index (Phi) is 6.45. The number of hydrogen-bond acceptors (Lipinski definition) is 3. The van der Waals surface area contributed by atoms with E-state index in [-0.39, 0.29) is 11.9 Å². The number of nitrogens with one attached hydrogen (secondary N) is 3. The van der Waals surface area contributed by atoms with E-state index in [9.17, 15) is 9.59 Å². The monoisotopic (exact) mass is 407 g/mol. The maximum atomic E-state index is 13.1. The molecule has 1 aromatic heterocycles. The molecule has 2 atom stereocenters. The van der Waals surface area contributed by atoms with Crippen molar-refractivity contribution in [3.63, 3.8) is 0 Å². The van der Waals surface area contributed by atoms with Gasteiger partial charge < -0.3 is 20.4 Å². The van der Waals surface area contributed by atoms with Gasteiger partial charge >= 0.3 is 6.09 Å². The lowest BCUT2D eigenvalue weighted by molar-refractivity contribution is -0.123. The number of para-hydroxylation sites is 1. The molecule has 6 nitrogen and oxygen atoms in total. The summed E-state index contributed by atoms with van der Waals surface area (Å²) in [5.41, 5.74) is 2.29. The molecule has 0 saturated carbocycles. The van der Waals surface area contributed by atoms with Crippen molar-refractivity contribution in [3.8, 4) is 0 Å². The first-order valence-corrected chi connectivity index (χ1v) is 10.1. The molecule has 1 heterocycles. The molecule has 158 valence electrons. The fraction of sp³-hybridized carbons (Fsp3) is 0.333. The van der Waals surface area contributed by atoms with E-state index in [0.717, 1.165) is 22.0 Å². The maximum Gasteiger partial charge on any atom is 0.408 e. The number of fused-ring (bicyclic) bond motifs is 1. The molecule has 6 heteroatoms. The second kappa shape index (κ2) is 9.03. The lowest BCUT2D eigenvalue weighted by atomic mass is 10.0. The van der Waals surface area contributed by atoms with Crippen LogP contribution in [0.4, 0.5) is 4.79 Å². The Balaban J connectivity index is 1.79. The summed E-state index contributed by atoms with van der Waals surface area (Å²) in [4.78, 5) is 28.7. The predicted molar refractivity (Wildman–Crippen MR) is 118 cm³/mol. The number of rotatable bonds is 6. The van der Waals surface area contributed by atoms with Crippen molar-refractivity contribution in [2.45, 2.75) is 51.8 Å². The standard InChI is InChI=1S/C24H29N3O3/c1-16(17-10-6-5-7-11-17)26-22(28)21(27-23(29)30-24(2,3)4)14-18-15-25-20-13-9-8-12-19(18)20/h5-13,15-16,21,25H,14H2,1-4H3,(H,26,28)(H,27,29)/t16-,21+/m1/s1. The Morgan fingerprint density at radius 3 is 2.37 bits per heavy atom. The lowest BCUT2D eigenvalue weighted by Gasteiger charge is -2.24. The van der Waals surface area contributed by atoms with E-state index in [1.807, 2.05) is 67.7 Å². The largest absolute Gasteiger partial charge is 0.444 e. The van der Waals surface area contributed by atoms with E-state index in [1.165, 1.54) is 0 Å². The summed E-state index contributed by atoms with van der Waals surface area (Å²) in [5, 5.41) is 6.78. The van der Waals surface area contributed by atoms with E-state index in [4.69, 9.17) is 4.74 Å². The third-order valence-corrected chi connectivity index (χ3v) is 4.76. The Hall–Kier alpha value is -3.28. The van der Waals surface area contributed by atoms with Crippen LogP contribution in [0.1, 0.15) is 44.9 Å². The zero-order valence-corrected chi connectivity index (χ0v) is 17.9. The van der Waals surface area contributed by atoms with E-state index < -0.39 is 17.7 Å². The van der Waals surface area contributed by atoms with Crippen molar-refractivity contribution in [1.29, 1.82) is 0 Å². The summed E-state index contributed by atoms with van der Waals surface area (Å²) in [6.07, 6.45) is 1.61. The number of alkyl carbamates (subject to hydrolysis) is 1. The minimum Gasteiger partial charge on any atom is -0.444 e. The van der Waals surface area contributed by atoms with E-state index in [0.29, 0.717) is 6.42 Å². The van der Waals surface area contributed by atoms with Gasteiger partial charge in [-0.05, 0) is 44.9 Å². The molecule has 3 N–H and O–H groups in total. The van der Waals surface area contributed by atoms with Gasteiger partial charge in [-0.25, -0.2) is 4.79 Å². The highest BCUT2D eigenvalue weighted by Crippen LogP contribution is 2.20. The molecule has 0 radical (unpaired) electrons. The number of carbonyl (C=O) groups is 2. The summed E-state index contributed by atoms with van der Waals surface area (Å²) in [6.45, 7) is 7.29. The van der Waals surface area contributed by atoms with Crippen LogP contribution in [0.2, 0.25) is 0 Å². The van der Waals surface area contributed by atoms with Crippen LogP contribution in [0.15, 0.2) is 60.8 Å². The molecule has 0 fully saturated rings. The molecule has 0 spiro atoms. The first kappa shape index (κ1) is 21.4. The molecular weight excluding hydrogens is 378 g/mol. The first-order valence-electron chi connectivity index (χ1n) is 10.1. The minimum absolute atomic E-state index is 0.190. The van der Waals surface area contributed by atoms with Crippen LogP contribution in [-0.4, -0.2) is 28.6 Å². The highest BCUT2D eigenvalue weighted by atomic mass is 16.6. The van der Waals surface area contributed by atoms with Crippen molar-refractivity contribution in [2.24, 2.45) is 0 Å². The van der Waals surface area contributed by atoms with Gasteiger partial charge in [0.25, 0.3) is 0 Å². The van der Waals surface area contributed by atoms with E-state index in [1.54, 1.807) is 20.8 Å². The van der Waals surface area contributed by atoms with Crippen molar-refractivity contribution >= 4 is 22.9 Å². The quantitative estimate of drug-likeness (QED) is 0.563. The Morgan fingerprint density at radius 2 is 1.67 bits per heavy atom. The van der Waals surface area contributed by atoms with Crippen molar-refractivity contribution in [2.75, 3.05) is 0 Å². The van der Waals surface area contributed by atoms with Crippen molar-refractivity contribution < 1.29 is 14.3 Å². The molecule has 0 aliphatic rings. The summed E-state index contributed by atoms with van der Waals surface area (Å²) >= 11 is 0. The Bertz CT molecular complexity index is 1010. The highest BCUT2D eigenvalue weighted by molar-refractivity contribution is 5.88. The predicted octanol–water partition coefficient (Wildman–Crippen LogP) is 4.48. The molecule has 3 aromatic rings. The molecular formula is C24H29N3O3. The molecule has 2 aromatic carbocycles. The molecule has 0 bridgehead atoms. The van der Waals surface area contributed by atoms with Crippen LogP contribution in [0.25, 0.3) is 10.9 Å². The number of aromatic amines is 1. The van der Waals surface area contributed by atoms with Gasteiger partial charge in [0.15, 0.2) is 0 Å². The van der Waals surface area contributed by atoms with Crippen LogP contribution in [-0.2, 0) is 16.0 Å². The number of H-pyrrole nitrogens is 1. The molecule has 0 unspecified atom stereocenters. The second-order valence-corrected chi connectivity index (χ2v) is 8.40. The summed E-state index contributed by atoms with van der Waals surface area (Å²) in [5.74, 6) is -0.262. The van der Waals surface area contributed by atoms with Crippen LogP contribution < -0.4 is 10.6 Å². The van der Waals surface area contributed by atoms with Gasteiger partial charge in [-0.2, -0.15) is 0 Å². The van der Waals surface area contributed by atoms with Crippen LogP contribution in [0.3, 0.4) is 0 Å². The normalized spacial score (nSPS) is 13.5. The van der Waals surface area contributed by atoms with Gasteiger partial charge in [-0.3, -0.25) is 4.79 Å². The lowest BCUT2D eigenvalue weighted by Crippen LogP contribution is -2.49. The SMILES string of the molecule is C[C@@H](NC(=O)[C@H](Cc1c[nH]c2ccccc12)NC(=O)OC(C)(C)C)c1ccccc1. The molecule has 0 aliphatic heterocycles. The molecule has 0 saturated heterocycles. The van der Waals surface area contributed by atoms with Crippen LogP contribution in [0, 0.1) is 0 Å². The highest BCUT2D eigenvalue weighted by Gasteiger charge is 2.26. The third kappa shape index (κ3) is 5.63. The average Bonchev–Trinajstić information content (AvgIpc) is 3.09. The number of hydrogen-bond donors (Lipinski definition) is 3. The van der Waals surface area contributed by atoms with Gasteiger partial charge in [-0.15, -0.1) is 0 Å². The Labute approximate surface area is 177 Å². The topological polar surface area (TPSA) is 83.2 Å². The van der Waals surface area contributed by atoms with Crippen LogP contribution >= 0.6 is 0 Å². The first-order chi connectivity index (χ1) is 14.2. The smallest absolute Gasteiger partial charge is 0.408 e. The Morgan fingerprint density at radius 1 is 1.00 bits per heavy atom. The zero-order valence-electron chi connectivity index (χ0n) is 17.9. The van der Waals surface area contributed by atoms with Gasteiger partial charge in [0.2, 0.25) is 5.91 Å². The zero-order chi connectivity index (χ0) is 21.7. The van der Waals surface area contributed by atoms with Gasteiger partial charge in [0.05, 0.1) is 6.04 Å². The number of benzene rings is 2. The summed E-state index contributed by atoms with van der Waals surface area (Å²) in [6, 6.07) is 16.6. The van der Waals surface area contributed by atoms with Gasteiger partial charge in [0, 0.05) is 23.5 Å².